The van der Waals surface area contributed by atoms with Gasteiger partial charge >= 0.3 is 5.97 Å². The smallest absolute Gasteiger partial charge is 0.349 e. The van der Waals surface area contributed by atoms with Gasteiger partial charge < -0.3 is 9.47 Å². The summed E-state index contributed by atoms with van der Waals surface area (Å²) in [4.78, 5) is 21.8. The number of carbonyl (C=O) groups is 1. The molecule has 0 aliphatic heterocycles. The van der Waals surface area contributed by atoms with Crippen molar-refractivity contribution >= 4 is 39.2 Å². The van der Waals surface area contributed by atoms with Crippen LogP contribution in [0.25, 0.3) is 0 Å². The number of hydrogen-bond donors (Lipinski definition) is 0. The number of nitro benzene ring substituents is 1. The van der Waals surface area contributed by atoms with Crippen LogP contribution < -0.4 is 9.47 Å². The van der Waals surface area contributed by atoms with Crippen LogP contribution in [0.1, 0.15) is 0 Å². The molecule has 0 radical (unpaired) electrons. The summed E-state index contributed by atoms with van der Waals surface area (Å²) in [7, 11) is 0. The highest BCUT2D eigenvalue weighted by Gasteiger charge is 2.11. The average molecular weight is 387 g/mol. The van der Waals surface area contributed by atoms with Crippen molar-refractivity contribution in [1.82, 2.24) is 0 Å². The molecule has 2 aromatic carbocycles. The van der Waals surface area contributed by atoms with E-state index < -0.39 is 17.5 Å². The van der Waals surface area contributed by atoms with Crippen molar-refractivity contribution in [3.05, 3.63) is 62.1 Å². The minimum absolute atomic E-state index is 0.123. The van der Waals surface area contributed by atoms with Crippen LogP contribution in [-0.2, 0) is 4.79 Å². The third-order valence-corrected chi connectivity index (χ3v) is 3.29. The largest absolute Gasteiger partial charge is 0.482 e. The van der Waals surface area contributed by atoms with Crippen LogP contribution in [0, 0.1) is 10.1 Å². The Labute approximate surface area is 138 Å². The number of nitro groups is 1. The van der Waals surface area contributed by atoms with Gasteiger partial charge in [0.25, 0.3) is 5.69 Å². The summed E-state index contributed by atoms with van der Waals surface area (Å²) in [6.07, 6.45) is 0. The standard InChI is InChI=1S/C14H9BrClNO5/c15-9-4-5-13(12(16)6-9)22-14(18)8-21-11-3-1-2-10(7-11)17(19)20/h1-7H,8H2. The fourth-order valence-corrected chi connectivity index (χ4v) is 2.25. The van der Waals surface area contributed by atoms with Gasteiger partial charge in [-0.25, -0.2) is 4.79 Å². The van der Waals surface area contributed by atoms with Gasteiger partial charge in [-0.3, -0.25) is 10.1 Å². The lowest BCUT2D eigenvalue weighted by Gasteiger charge is -2.08. The second-order valence-corrected chi connectivity index (χ2v) is 5.41. The second kappa shape index (κ2) is 7.24. The molecular weight excluding hydrogens is 378 g/mol. The average Bonchev–Trinajstić information content (AvgIpc) is 2.48. The summed E-state index contributed by atoms with van der Waals surface area (Å²) in [6.45, 7) is -0.395. The molecule has 0 N–H and O–H groups in total. The Hall–Kier alpha value is -2.12. The summed E-state index contributed by atoms with van der Waals surface area (Å²) in [6, 6.07) is 10.3. The van der Waals surface area contributed by atoms with Crippen molar-refractivity contribution in [2.24, 2.45) is 0 Å². The fourth-order valence-electron chi connectivity index (χ4n) is 1.54. The maximum atomic E-state index is 11.7. The van der Waals surface area contributed by atoms with Crippen molar-refractivity contribution in [3.8, 4) is 11.5 Å². The summed E-state index contributed by atoms with van der Waals surface area (Å²) < 4.78 is 11.0. The van der Waals surface area contributed by atoms with Gasteiger partial charge in [-0.1, -0.05) is 33.6 Å². The van der Waals surface area contributed by atoms with Gasteiger partial charge in [0, 0.05) is 10.5 Å². The first-order valence-corrected chi connectivity index (χ1v) is 7.16. The summed E-state index contributed by atoms with van der Waals surface area (Å²) >= 11 is 9.16. The summed E-state index contributed by atoms with van der Waals surface area (Å²) in [5.41, 5.74) is -0.123. The van der Waals surface area contributed by atoms with Crippen molar-refractivity contribution in [2.45, 2.75) is 0 Å². The normalized spacial score (nSPS) is 10.1. The van der Waals surface area contributed by atoms with Gasteiger partial charge in [0.05, 0.1) is 16.0 Å². The number of esters is 1. The molecule has 0 heterocycles. The van der Waals surface area contributed by atoms with Crippen molar-refractivity contribution in [1.29, 1.82) is 0 Å². The first kappa shape index (κ1) is 16.3. The number of non-ortho nitro benzene ring substituents is 1. The highest BCUT2D eigenvalue weighted by Crippen LogP contribution is 2.28. The molecule has 22 heavy (non-hydrogen) atoms. The Morgan fingerprint density at radius 2 is 2.05 bits per heavy atom. The number of rotatable bonds is 5. The number of halogens is 2. The molecule has 8 heteroatoms. The topological polar surface area (TPSA) is 78.7 Å². The van der Waals surface area contributed by atoms with Crippen LogP contribution in [0.5, 0.6) is 11.5 Å². The zero-order chi connectivity index (χ0) is 16.1. The lowest BCUT2D eigenvalue weighted by atomic mass is 10.3. The molecule has 0 saturated heterocycles. The number of benzene rings is 2. The molecule has 0 fully saturated rings. The lowest BCUT2D eigenvalue weighted by Crippen LogP contribution is -2.17. The van der Waals surface area contributed by atoms with Crippen LogP contribution in [0.2, 0.25) is 5.02 Å². The van der Waals surface area contributed by atoms with Crippen LogP contribution in [0.15, 0.2) is 46.9 Å². The van der Waals surface area contributed by atoms with Crippen molar-refractivity contribution < 1.29 is 19.2 Å². The van der Waals surface area contributed by atoms with E-state index in [1.807, 2.05) is 0 Å². The lowest BCUT2D eigenvalue weighted by molar-refractivity contribution is -0.384. The quantitative estimate of drug-likeness (QED) is 0.336. The summed E-state index contributed by atoms with van der Waals surface area (Å²) in [5, 5.41) is 10.9. The molecule has 2 rings (SSSR count). The Balaban J connectivity index is 1.95. The molecular formula is C14H9BrClNO5. The van der Waals surface area contributed by atoms with Gasteiger partial charge in [-0.05, 0) is 24.3 Å². The first-order valence-electron chi connectivity index (χ1n) is 5.98. The molecule has 0 saturated carbocycles. The van der Waals surface area contributed by atoms with Crippen LogP contribution >= 0.6 is 27.5 Å². The summed E-state index contributed by atoms with van der Waals surface area (Å²) in [5.74, 6) is -0.263. The predicted molar refractivity (Wildman–Crippen MR) is 83.4 cm³/mol. The van der Waals surface area contributed by atoms with Gasteiger partial charge in [-0.2, -0.15) is 0 Å². The van der Waals surface area contributed by atoms with Gasteiger partial charge in [-0.15, -0.1) is 0 Å². The van der Waals surface area contributed by atoms with E-state index in [-0.39, 0.29) is 22.2 Å². The molecule has 0 atom stereocenters. The SMILES string of the molecule is O=C(COc1cccc([N+](=O)[O-])c1)Oc1ccc(Br)cc1Cl. The highest BCUT2D eigenvalue weighted by molar-refractivity contribution is 9.10. The molecule has 0 amide bonds. The van der Waals surface area contributed by atoms with E-state index in [1.54, 1.807) is 12.1 Å². The van der Waals surface area contributed by atoms with Crippen molar-refractivity contribution in [2.75, 3.05) is 6.61 Å². The number of nitrogens with zero attached hydrogens (tertiary/aromatic N) is 1. The fraction of sp³-hybridized carbons (Fsp3) is 0.0714. The Bertz CT molecular complexity index is 722. The monoisotopic (exact) mass is 385 g/mol. The maximum absolute atomic E-state index is 11.7. The van der Waals surface area contributed by atoms with E-state index in [2.05, 4.69) is 15.9 Å². The number of ether oxygens (including phenoxy) is 2. The predicted octanol–water partition coefficient (Wildman–Crippen LogP) is 4.00. The van der Waals surface area contributed by atoms with Crippen molar-refractivity contribution in [3.63, 3.8) is 0 Å². The molecule has 0 bridgehead atoms. The van der Waals surface area contributed by atoms with Gasteiger partial charge in [0.15, 0.2) is 6.61 Å². The van der Waals surface area contributed by atoms with Gasteiger partial charge in [0.2, 0.25) is 0 Å². The first-order chi connectivity index (χ1) is 10.5. The molecule has 0 aliphatic rings. The van der Waals surface area contributed by atoms with Crippen LogP contribution in [0.4, 0.5) is 5.69 Å². The van der Waals surface area contributed by atoms with Gasteiger partial charge in [0.1, 0.15) is 11.5 Å². The maximum Gasteiger partial charge on any atom is 0.349 e. The Kier molecular flexibility index (Phi) is 5.35. The molecule has 0 aliphatic carbocycles. The van der Waals surface area contributed by atoms with E-state index in [0.29, 0.717) is 0 Å². The highest BCUT2D eigenvalue weighted by atomic mass is 79.9. The molecule has 114 valence electrons. The van der Waals surface area contributed by atoms with Crippen LogP contribution in [-0.4, -0.2) is 17.5 Å². The molecule has 0 spiro atoms. The zero-order valence-corrected chi connectivity index (χ0v) is 13.3. The van der Waals surface area contributed by atoms with Crippen LogP contribution in [0.3, 0.4) is 0 Å². The molecule has 6 nitrogen and oxygen atoms in total. The van der Waals surface area contributed by atoms with E-state index in [4.69, 9.17) is 21.1 Å². The van der Waals surface area contributed by atoms with E-state index in [9.17, 15) is 14.9 Å². The Morgan fingerprint density at radius 3 is 2.73 bits per heavy atom. The van der Waals surface area contributed by atoms with E-state index >= 15 is 0 Å². The minimum atomic E-state index is -0.671. The number of carbonyl (C=O) groups excluding carboxylic acids is 1. The van der Waals surface area contributed by atoms with E-state index in [0.717, 1.165) is 4.47 Å². The Morgan fingerprint density at radius 1 is 1.27 bits per heavy atom. The molecule has 0 aromatic heterocycles. The second-order valence-electron chi connectivity index (χ2n) is 4.09. The number of hydrogen-bond acceptors (Lipinski definition) is 5. The molecule has 2 aromatic rings. The zero-order valence-electron chi connectivity index (χ0n) is 11.0. The third-order valence-electron chi connectivity index (χ3n) is 2.50. The minimum Gasteiger partial charge on any atom is -0.482 e. The third kappa shape index (κ3) is 4.44. The van der Waals surface area contributed by atoms with E-state index in [1.165, 1.54) is 30.3 Å². The molecule has 0 unspecified atom stereocenters.